The van der Waals surface area contributed by atoms with Gasteiger partial charge in [0.25, 0.3) is 5.91 Å². The molecule has 18 heavy (non-hydrogen) atoms. The van der Waals surface area contributed by atoms with E-state index in [0.29, 0.717) is 24.5 Å². The van der Waals surface area contributed by atoms with Crippen LogP contribution < -0.4 is 16.0 Å². The van der Waals surface area contributed by atoms with E-state index in [1.165, 1.54) is 0 Å². The van der Waals surface area contributed by atoms with Gasteiger partial charge in [0.2, 0.25) is 0 Å². The highest BCUT2D eigenvalue weighted by Crippen LogP contribution is 2.19. The van der Waals surface area contributed by atoms with Crippen molar-refractivity contribution in [3.8, 4) is 0 Å². The summed E-state index contributed by atoms with van der Waals surface area (Å²) in [6, 6.07) is 1.77. The molecule has 0 aliphatic carbocycles. The average Bonchev–Trinajstić information content (AvgIpc) is 2.34. The normalized spacial score (nSPS) is 12.1. The number of nitrogens with one attached hydrogen (secondary N) is 1. The number of carbonyl (C=O) groups excluding carboxylic acids is 1. The van der Waals surface area contributed by atoms with Crippen LogP contribution in [-0.4, -0.2) is 38.1 Å². The summed E-state index contributed by atoms with van der Waals surface area (Å²) in [5, 5.41) is 2.87. The number of aromatic nitrogens is 1. The molecule has 1 heterocycles. The van der Waals surface area contributed by atoms with E-state index in [4.69, 9.17) is 5.73 Å². The molecule has 6 heteroatoms. The maximum Gasteiger partial charge on any atom is 0.255 e. The van der Waals surface area contributed by atoms with Crippen molar-refractivity contribution in [2.24, 2.45) is 11.7 Å². The summed E-state index contributed by atoms with van der Waals surface area (Å²) >= 11 is 3.33. The van der Waals surface area contributed by atoms with E-state index in [0.717, 1.165) is 4.47 Å². The molecule has 1 rings (SSSR count). The molecule has 1 unspecified atom stereocenters. The van der Waals surface area contributed by atoms with Crippen molar-refractivity contribution in [3.63, 3.8) is 0 Å². The second kappa shape index (κ2) is 6.70. The minimum Gasteiger partial charge on any atom is -0.362 e. The fourth-order valence-corrected chi connectivity index (χ4v) is 1.73. The van der Waals surface area contributed by atoms with E-state index in [1.54, 1.807) is 12.3 Å². The molecule has 0 radical (unpaired) electrons. The van der Waals surface area contributed by atoms with Gasteiger partial charge in [-0.1, -0.05) is 6.92 Å². The Morgan fingerprint density at radius 3 is 2.83 bits per heavy atom. The molecular formula is C12H19BrN4O. The number of halogens is 1. The molecule has 1 amide bonds. The molecule has 0 saturated carbocycles. The Bertz CT molecular complexity index is 423. The van der Waals surface area contributed by atoms with Crippen LogP contribution in [0.5, 0.6) is 0 Å². The summed E-state index contributed by atoms with van der Waals surface area (Å²) in [6.07, 6.45) is 1.68. The van der Waals surface area contributed by atoms with Gasteiger partial charge >= 0.3 is 0 Å². The molecule has 100 valence electrons. The van der Waals surface area contributed by atoms with Gasteiger partial charge in [0, 0.05) is 31.3 Å². The minimum absolute atomic E-state index is 0.132. The highest BCUT2D eigenvalue weighted by Gasteiger charge is 2.15. The van der Waals surface area contributed by atoms with Gasteiger partial charge in [0.05, 0.1) is 5.56 Å². The zero-order chi connectivity index (χ0) is 13.7. The van der Waals surface area contributed by atoms with Crippen molar-refractivity contribution in [2.45, 2.75) is 6.92 Å². The summed E-state index contributed by atoms with van der Waals surface area (Å²) < 4.78 is 0.783. The third-order valence-electron chi connectivity index (χ3n) is 2.51. The summed E-state index contributed by atoms with van der Waals surface area (Å²) in [6.45, 7) is 3.11. The van der Waals surface area contributed by atoms with Crippen LogP contribution in [0.15, 0.2) is 16.7 Å². The molecule has 0 spiro atoms. The van der Waals surface area contributed by atoms with Gasteiger partial charge in [0.1, 0.15) is 5.82 Å². The number of nitrogens with two attached hydrogens (primary N) is 1. The van der Waals surface area contributed by atoms with Crippen molar-refractivity contribution in [1.82, 2.24) is 10.3 Å². The van der Waals surface area contributed by atoms with Crippen LogP contribution in [0.3, 0.4) is 0 Å². The largest absolute Gasteiger partial charge is 0.362 e. The number of hydrogen-bond donors (Lipinski definition) is 2. The lowest BCUT2D eigenvalue weighted by Crippen LogP contribution is -2.32. The van der Waals surface area contributed by atoms with E-state index in [9.17, 15) is 4.79 Å². The molecule has 5 nitrogen and oxygen atoms in total. The topological polar surface area (TPSA) is 71.2 Å². The van der Waals surface area contributed by atoms with Crippen LogP contribution >= 0.6 is 15.9 Å². The van der Waals surface area contributed by atoms with Gasteiger partial charge in [-0.05, 0) is 34.5 Å². The monoisotopic (exact) mass is 314 g/mol. The second-order valence-corrected chi connectivity index (χ2v) is 5.39. The molecule has 0 fully saturated rings. The molecular weight excluding hydrogens is 296 g/mol. The van der Waals surface area contributed by atoms with E-state index < -0.39 is 0 Å². The first-order chi connectivity index (χ1) is 8.45. The first-order valence-electron chi connectivity index (χ1n) is 5.76. The van der Waals surface area contributed by atoms with Crippen LogP contribution in [0.25, 0.3) is 0 Å². The fourth-order valence-electron chi connectivity index (χ4n) is 1.40. The lowest BCUT2D eigenvalue weighted by Gasteiger charge is -2.17. The zero-order valence-corrected chi connectivity index (χ0v) is 12.5. The van der Waals surface area contributed by atoms with Crippen LogP contribution in [0.4, 0.5) is 5.82 Å². The number of pyridine rings is 1. The fraction of sp³-hybridized carbons (Fsp3) is 0.500. The quantitative estimate of drug-likeness (QED) is 0.857. The predicted molar refractivity (Wildman–Crippen MR) is 76.8 cm³/mol. The van der Waals surface area contributed by atoms with Gasteiger partial charge in [0.15, 0.2) is 0 Å². The van der Waals surface area contributed by atoms with Gasteiger partial charge in [-0.3, -0.25) is 4.79 Å². The first-order valence-corrected chi connectivity index (χ1v) is 6.56. The van der Waals surface area contributed by atoms with Crippen LogP contribution in [0, 0.1) is 5.92 Å². The van der Waals surface area contributed by atoms with Gasteiger partial charge in [-0.15, -0.1) is 0 Å². The first kappa shape index (κ1) is 14.9. The van der Waals surface area contributed by atoms with Crippen molar-refractivity contribution < 1.29 is 4.79 Å². The lowest BCUT2D eigenvalue weighted by atomic mass is 10.1. The number of hydrogen-bond acceptors (Lipinski definition) is 4. The Labute approximate surface area is 116 Å². The van der Waals surface area contributed by atoms with Crippen molar-refractivity contribution >= 4 is 27.7 Å². The predicted octanol–water partition coefficient (Wildman–Crippen LogP) is 1.23. The van der Waals surface area contributed by atoms with Crippen LogP contribution in [0.1, 0.15) is 17.3 Å². The Morgan fingerprint density at radius 2 is 2.28 bits per heavy atom. The van der Waals surface area contributed by atoms with Gasteiger partial charge in [-0.25, -0.2) is 4.98 Å². The van der Waals surface area contributed by atoms with Gasteiger partial charge < -0.3 is 16.0 Å². The maximum atomic E-state index is 12.1. The second-order valence-electron chi connectivity index (χ2n) is 4.47. The van der Waals surface area contributed by atoms with Crippen LogP contribution in [-0.2, 0) is 0 Å². The Kier molecular flexibility index (Phi) is 5.55. The molecule has 0 bridgehead atoms. The van der Waals surface area contributed by atoms with Crippen molar-refractivity contribution in [1.29, 1.82) is 0 Å². The molecule has 0 aliphatic heterocycles. The van der Waals surface area contributed by atoms with E-state index >= 15 is 0 Å². The van der Waals surface area contributed by atoms with Crippen molar-refractivity contribution in [2.75, 3.05) is 32.1 Å². The SMILES string of the molecule is CC(CN)CNC(=O)c1cc(Br)cnc1N(C)C. The Hall–Kier alpha value is -1.14. The molecule has 1 atom stereocenters. The average molecular weight is 315 g/mol. The summed E-state index contributed by atoms with van der Waals surface area (Å²) in [5.74, 6) is 0.778. The molecule has 1 aromatic rings. The number of nitrogens with zero attached hydrogens (tertiary/aromatic N) is 2. The zero-order valence-electron chi connectivity index (χ0n) is 10.9. The summed E-state index contributed by atoms with van der Waals surface area (Å²) in [5.41, 5.74) is 6.07. The third kappa shape index (κ3) is 3.96. The number of rotatable bonds is 5. The number of carbonyl (C=O) groups is 1. The molecule has 3 N–H and O–H groups in total. The smallest absolute Gasteiger partial charge is 0.255 e. The number of anilines is 1. The van der Waals surface area contributed by atoms with E-state index in [2.05, 4.69) is 26.2 Å². The highest BCUT2D eigenvalue weighted by atomic mass is 79.9. The minimum atomic E-state index is -0.132. The molecule has 0 saturated heterocycles. The molecule has 1 aromatic heterocycles. The van der Waals surface area contributed by atoms with E-state index in [-0.39, 0.29) is 11.8 Å². The maximum absolute atomic E-state index is 12.1. The molecule has 0 aliphatic rings. The van der Waals surface area contributed by atoms with Crippen LogP contribution in [0.2, 0.25) is 0 Å². The standard InChI is InChI=1S/C12H19BrN4O/c1-8(5-14)6-16-12(18)10-4-9(13)7-15-11(10)17(2)3/h4,7-8H,5-6,14H2,1-3H3,(H,16,18). The van der Waals surface area contributed by atoms with Crippen molar-refractivity contribution in [3.05, 3.63) is 22.3 Å². The third-order valence-corrected chi connectivity index (χ3v) is 2.95. The van der Waals surface area contributed by atoms with Gasteiger partial charge in [-0.2, -0.15) is 0 Å². The summed E-state index contributed by atoms with van der Waals surface area (Å²) in [4.78, 5) is 18.2. The Morgan fingerprint density at radius 1 is 1.61 bits per heavy atom. The lowest BCUT2D eigenvalue weighted by molar-refractivity contribution is 0.0948. The molecule has 0 aromatic carbocycles. The number of amides is 1. The Balaban J connectivity index is 2.87. The summed E-state index contributed by atoms with van der Waals surface area (Å²) in [7, 11) is 3.71. The highest BCUT2D eigenvalue weighted by molar-refractivity contribution is 9.10. The van der Waals surface area contributed by atoms with E-state index in [1.807, 2.05) is 25.9 Å².